The van der Waals surface area contributed by atoms with Gasteiger partial charge in [-0.25, -0.2) is 0 Å². The number of nitrogens with one attached hydrogen (secondary N) is 1. The summed E-state index contributed by atoms with van der Waals surface area (Å²) < 4.78 is 5.56. The molecule has 2 atom stereocenters. The maximum absolute atomic E-state index is 5.56. The summed E-state index contributed by atoms with van der Waals surface area (Å²) in [7, 11) is 1.82. The molecule has 0 bridgehead atoms. The molecule has 2 unspecified atom stereocenters. The Hall–Kier alpha value is -1.59. The fourth-order valence-corrected chi connectivity index (χ4v) is 3.26. The highest BCUT2D eigenvalue weighted by Gasteiger charge is 2.37. The highest BCUT2D eigenvalue weighted by atomic mass is 16.5. The molecule has 2 heterocycles. The number of aromatic nitrogens is 3. The molecule has 0 amide bonds. The van der Waals surface area contributed by atoms with E-state index >= 15 is 0 Å². The van der Waals surface area contributed by atoms with Crippen LogP contribution >= 0.6 is 0 Å². The summed E-state index contributed by atoms with van der Waals surface area (Å²) in [5.41, 5.74) is 0. The zero-order valence-corrected chi connectivity index (χ0v) is 12.3. The minimum Gasteiger partial charge on any atom is -0.463 e. The van der Waals surface area contributed by atoms with Gasteiger partial charge >= 0.3 is 6.01 Å². The molecule has 1 aromatic rings. The number of hydrogen-bond donors (Lipinski definition) is 1. The number of fused-ring (bicyclic) bond motifs is 1. The van der Waals surface area contributed by atoms with Crippen LogP contribution in [0.25, 0.3) is 0 Å². The maximum Gasteiger partial charge on any atom is 0.323 e. The number of hydrogen-bond acceptors (Lipinski definition) is 6. The van der Waals surface area contributed by atoms with Crippen LogP contribution < -0.4 is 15.0 Å². The lowest BCUT2D eigenvalue weighted by atomic mass is 10.0. The van der Waals surface area contributed by atoms with Crippen LogP contribution in [0.15, 0.2) is 0 Å². The molecule has 1 aromatic heterocycles. The SMILES string of the molecule is CCCOc1nc(NC)nc(N2CC3CCCC3C2)n1. The summed E-state index contributed by atoms with van der Waals surface area (Å²) in [6, 6.07) is 0.429. The third-order valence-corrected chi connectivity index (χ3v) is 4.27. The standard InChI is InChI=1S/C14H23N5O/c1-3-7-20-14-17-12(15-2)16-13(18-14)19-8-10-5-4-6-11(10)9-19/h10-11H,3-9H2,1-2H3,(H,15,16,17,18). The topological polar surface area (TPSA) is 63.2 Å². The largest absolute Gasteiger partial charge is 0.463 e. The van der Waals surface area contributed by atoms with Crippen LogP contribution in [0, 0.1) is 11.8 Å². The molecule has 1 saturated carbocycles. The Morgan fingerprint density at radius 2 is 1.95 bits per heavy atom. The van der Waals surface area contributed by atoms with E-state index in [9.17, 15) is 0 Å². The van der Waals surface area contributed by atoms with E-state index in [1.54, 1.807) is 0 Å². The average Bonchev–Trinajstić information content (AvgIpc) is 3.05. The fraction of sp³-hybridized carbons (Fsp3) is 0.786. The van der Waals surface area contributed by atoms with Crippen LogP contribution in [0.3, 0.4) is 0 Å². The zero-order chi connectivity index (χ0) is 13.9. The van der Waals surface area contributed by atoms with Gasteiger partial charge in [0.05, 0.1) is 6.61 Å². The molecule has 2 aliphatic rings. The first-order valence-corrected chi connectivity index (χ1v) is 7.61. The number of ether oxygens (including phenoxy) is 1. The third-order valence-electron chi connectivity index (χ3n) is 4.27. The van der Waals surface area contributed by atoms with Gasteiger partial charge in [0, 0.05) is 20.1 Å². The fourth-order valence-electron chi connectivity index (χ4n) is 3.26. The van der Waals surface area contributed by atoms with Gasteiger partial charge in [-0.15, -0.1) is 0 Å². The molecule has 110 valence electrons. The van der Waals surface area contributed by atoms with Gasteiger partial charge < -0.3 is 15.0 Å². The van der Waals surface area contributed by atoms with E-state index in [2.05, 4.69) is 32.1 Å². The summed E-state index contributed by atoms with van der Waals surface area (Å²) in [4.78, 5) is 15.5. The lowest BCUT2D eigenvalue weighted by molar-refractivity contribution is 0.292. The molecule has 6 nitrogen and oxygen atoms in total. The van der Waals surface area contributed by atoms with Crippen molar-refractivity contribution >= 4 is 11.9 Å². The van der Waals surface area contributed by atoms with Gasteiger partial charge in [0.15, 0.2) is 0 Å². The maximum atomic E-state index is 5.56. The predicted octanol–water partition coefficient (Wildman–Crippen LogP) is 1.94. The average molecular weight is 277 g/mol. The Bertz CT molecular complexity index is 455. The van der Waals surface area contributed by atoms with Crippen LogP contribution in [-0.2, 0) is 0 Å². The van der Waals surface area contributed by atoms with Crippen molar-refractivity contribution < 1.29 is 4.74 Å². The van der Waals surface area contributed by atoms with Crippen molar-refractivity contribution in [3.63, 3.8) is 0 Å². The molecule has 20 heavy (non-hydrogen) atoms. The van der Waals surface area contributed by atoms with Gasteiger partial charge in [0.1, 0.15) is 0 Å². The van der Waals surface area contributed by atoms with Gasteiger partial charge in [-0.2, -0.15) is 15.0 Å². The van der Waals surface area contributed by atoms with E-state index < -0.39 is 0 Å². The molecule has 2 fully saturated rings. The summed E-state index contributed by atoms with van der Waals surface area (Å²) >= 11 is 0. The van der Waals surface area contributed by atoms with Gasteiger partial charge in [-0.1, -0.05) is 13.3 Å². The van der Waals surface area contributed by atoms with Gasteiger partial charge in [0.2, 0.25) is 11.9 Å². The first-order chi connectivity index (χ1) is 9.80. The molecular formula is C14H23N5O. The van der Waals surface area contributed by atoms with Crippen molar-refractivity contribution in [2.45, 2.75) is 32.6 Å². The molecule has 3 rings (SSSR count). The first kappa shape index (κ1) is 13.4. The van der Waals surface area contributed by atoms with Gasteiger partial charge in [0.25, 0.3) is 0 Å². The Labute approximate surface area is 120 Å². The monoisotopic (exact) mass is 277 g/mol. The Balaban J connectivity index is 1.78. The summed E-state index contributed by atoms with van der Waals surface area (Å²) in [6.45, 7) is 4.86. The second kappa shape index (κ2) is 5.81. The van der Waals surface area contributed by atoms with E-state index in [0.29, 0.717) is 18.6 Å². The van der Waals surface area contributed by atoms with Crippen LogP contribution in [0.5, 0.6) is 6.01 Å². The molecule has 1 saturated heterocycles. The van der Waals surface area contributed by atoms with Crippen molar-refractivity contribution in [3.05, 3.63) is 0 Å². The Kier molecular flexibility index (Phi) is 3.89. The van der Waals surface area contributed by atoms with Crippen LogP contribution in [0.2, 0.25) is 0 Å². The lowest BCUT2D eigenvalue weighted by Crippen LogP contribution is -2.24. The number of nitrogens with zero attached hydrogens (tertiary/aromatic N) is 4. The van der Waals surface area contributed by atoms with E-state index in [4.69, 9.17) is 4.74 Å². The molecule has 0 radical (unpaired) electrons. The second-order valence-corrected chi connectivity index (χ2v) is 5.70. The minimum absolute atomic E-state index is 0.429. The highest BCUT2D eigenvalue weighted by Crippen LogP contribution is 2.38. The summed E-state index contributed by atoms with van der Waals surface area (Å²) in [6.07, 6.45) is 5.03. The zero-order valence-electron chi connectivity index (χ0n) is 12.3. The van der Waals surface area contributed by atoms with Gasteiger partial charge in [-0.05, 0) is 31.1 Å². The van der Waals surface area contributed by atoms with Crippen molar-refractivity contribution in [2.75, 3.05) is 37.0 Å². The van der Waals surface area contributed by atoms with Crippen molar-refractivity contribution in [1.82, 2.24) is 15.0 Å². The molecular weight excluding hydrogens is 254 g/mol. The van der Waals surface area contributed by atoms with Crippen molar-refractivity contribution in [2.24, 2.45) is 11.8 Å². The first-order valence-electron chi connectivity index (χ1n) is 7.61. The van der Waals surface area contributed by atoms with E-state index in [-0.39, 0.29) is 0 Å². The molecule has 6 heteroatoms. The van der Waals surface area contributed by atoms with E-state index in [1.165, 1.54) is 19.3 Å². The highest BCUT2D eigenvalue weighted by molar-refractivity contribution is 5.39. The molecule has 1 aliphatic carbocycles. The quantitative estimate of drug-likeness (QED) is 0.887. The van der Waals surface area contributed by atoms with Crippen LogP contribution in [0.1, 0.15) is 32.6 Å². The minimum atomic E-state index is 0.429. The Morgan fingerprint density at radius 1 is 1.20 bits per heavy atom. The normalized spacial score (nSPS) is 24.8. The molecule has 0 spiro atoms. The third kappa shape index (κ3) is 2.64. The van der Waals surface area contributed by atoms with E-state index in [1.807, 2.05) is 7.05 Å². The Morgan fingerprint density at radius 3 is 2.60 bits per heavy atom. The van der Waals surface area contributed by atoms with Crippen molar-refractivity contribution in [3.8, 4) is 6.01 Å². The predicted molar refractivity (Wildman–Crippen MR) is 78.2 cm³/mol. The molecule has 1 aliphatic heterocycles. The number of rotatable bonds is 5. The lowest BCUT2D eigenvalue weighted by Gasteiger charge is -2.18. The van der Waals surface area contributed by atoms with E-state index in [0.717, 1.165) is 37.3 Å². The van der Waals surface area contributed by atoms with Crippen molar-refractivity contribution in [1.29, 1.82) is 0 Å². The second-order valence-electron chi connectivity index (χ2n) is 5.70. The molecule has 1 N–H and O–H groups in total. The number of anilines is 2. The molecule has 0 aromatic carbocycles. The summed E-state index contributed by atoms with van der Waals surface area (Å²) in [5, 5.41) is 2.99. The van der Waals surface area contributed by atoms with Gasteiger partial charge in [-0.3, -0.25) is 0 Å². The smallest absolute Gasteiger partial charge is 0.323 e. The summed E-state index contributed by atoms with van der Waals surface area (Å²) in [5.74, 6) is 2.98. The van der Waals surface area contributed by atoms with Crippen LogP contribution in [-0.4, -0.2) is 41.7 Å². The van der Waals surface area contributed by atoms with Crippen LogP contribution in [0.4, 0.5) is 11.9 Å².